The van der Waals surface area contributed by atoms with E-state index in [1.807, 2.05) is 13.8 Å². The van der Waals surface area contributed by atoms with E-state index in [9.17, 15) is 4.79 Å². The number of hydrogen-bond acceptors (Lipinski definition) is 4. The Bertz CT molecular complexity index is 444. The van der Waals surface area contributed by atoms with Crippen LogP contribution >= 0.6 is 0 Å². The molecule has 110 valence electrons. The molecule has 1 aliphatic carbocycles. The molecule has 1 aliphatic rings. The zero-order valence-corrected chi connectivity index (χ0v) is 12.3. The van der Waals surface area contributed by atoms with Crippen LogP contribution in [0, 0.1) is 6.92 Å². The third-order valence-electron chi connectivity index (χ3n) is 3.60. The summed E-state index contributed by atoms with van der Waals surface area (Å²) in [6.45, 7) is 3.83. The molecule has 0 spiro atoms. The van der Waals surface area contributed by atoms with E-state index in [2.05, 4.69) is 15.3 Å². The van der Waals surface area contributed by atoms with E-state index in [-0.39, 0.29) is 12.0 Å². The highest BCUT2D eigenvalue weighted by Gasteiger charge is 2.23. The fourth-order valence-electron chi connectivity index (χ4n) is 2.48. The molecule has 5 nitrogen and oxygen atoms in total. The Morgan fingerprint density at radius 3 is 2.85 bits per heavy atom. The van der Waals surface area contributed by atoms with E-state index < -0.39 is 6.10 Å². The highest BCUT2D eigenvalue weighted by Crippen LogP contribution is 2.22. The van der Waals surface area contributed by atoms with Crippen molar-refractivity contribution >= 4 is 11.9 Å². The van der Waals surface area contributed by atoms with Gasteiger partial charge in [-0.25, -0.2) is 9.97 Å². The summed E-state index contributed by atoms with van der Waals surface area (Å²) in [5, 5.41) is 2.74. The molecule has 0 aliphatic heterocycles. The molecule has 0 aromatic carbocycles. The Morgan fingerprint density at radius 1 is 1.45 bits per heavy atom. The first kappa shape index (κ1) is 14.9. The number of carbonyl (C=O) groups is 1. The zero-order chi connectivity index (χ0) is 14.4. The third-order valence-corrected chi connectivity index (χ3v) is 3.60. The van der Waals surface area contributed by atoms with Gasteiger partial charge >= 0.3 is 0 Å². The summed E-state index contributed by atoms with van der Waals surface area (Å²) in [5.41, 5.74) is 0.830. The smallest absolute Gasteiger partial charge is 0.255 e. The second-order valence-corrected chi connectivity index (χ2v) is 5.30. The van der Waals surface area contributed by atoms with E-state index in [1.165, 1.54) is 19.3 Å². The second kappa shape index (κ2) is 7.33. The molecule has 5 heteroatoms. The van der Waals surface area contributed by atoms with Crippen LogP contribution in [0.25, 0.3) is 0 Å². The van der Waals surface area contributed by atoms with Crippen LogP contribution in [0.5, 0.6) is 0 Å². The first-order chi connectivity index (χ1) is 9.69. The maximum absolute atomic E-state index is 12.2. The van der Waals surface area contributed by atoms with Crippen LogP contribution in [-0.2, 0) is 9.53 Å². The van der Waals surface area contributed by atoms with Gasteiger partial charge in [0.25, 0.3) is 5.91 Å². The quantitative estimate of drug-likeness (QED) is 0.899. The van der Waals surface area contributed by atoms with Gasteiger partial charge in [0.05, 0.1) is 6.10 Å². The monoisotopic (exact) mass is 277 g/mol. The molecule has 0 bridgehead atoms. The molecule has 1 amide bonds. The Labute approximate surface area is 120 Å². The minimum Gasteiger partial charge on any atom is -0.365 e. The number of ether oxygens (including phenoxy) is 1. The molecule has 1 heterocycles. The van der Waals surface area contributed by atoms with Crippen molar-refractivity contribution in [2.24, 2.45) is 0 Å². The largest absolute Gasteiger partial charge is 0.365 e. The van der Waals surface area contributed by atoms with Crippen molar-refractivity contribution in [2.45, 2.75) is 64.6 Å². The summed E-state index contributed by atoms with van der Waals surface area (Å²) in [6.07, 6.45) is 7.90. The van der Waals surface area contributed by atoms with E-state index in [1.54, 1.807) is 12.3 Å². The Kier molecular flexibility index (Phi) is 5.47. The first-order valence-corrected chi connectivity index (χ1v) is 7.45. The number of nitrogens with zero attached hydrogens (tertiary/aromatic N) is 2. The Balaban J connectivity index is 1.91. The van der Waals surface area contributed by atoms with Crippen molar-refractivity contribution < 1.29 is 9.53 Å². The predicted molar refractivity (Wildman–Crippen MR) is 77.4 cm³/mol. The summed E-state index contributed by atoms with van der Waals surface area (Å²) in [4.78, 5) is 20.4. The summed E-state index contributed by atoms with van der Waals surface area (Å²) in [5.74, 6) is 0.198. The van der Waals surface area contributed by atoms with Crippen molar-refractivity contribution in [1.82, 2.24) is 9.97 Å². The van der Waals surface area contributed by atoms with Gasteiger partial charge in [-0.05, 0) is 32.3 Å². The van der Waals surface area contributed by atoms with Crippen molar-refractivity contribution in [1.29, 1.82) is 0 Å². The summed E-state index contributed by atoms with van der Waals surface area (Å²) >= 11 is 0. The molecule has 1 aromatic rings. The molecule has 1 fully saturated rings. The fraction of sp³-hybridized carbons (Fsp3) is 0.667. The topological polar surface area (TPSA) is 64.1 Å². The Hall–Kier alpha value is -1.49. The fourth-order valence-corrected chi connectivity index (χ4v) is 2.48. The molecule has 1 saturated carbocycles. The summed E-state index contributed by atoms with van der Waals surface area (Å²) in [7, 11) is 0. The third kappa shape index (κ3) is 4.27. The Morgan fingerprint density at radius 2 is 2.20 bits per heavy atom. The van der Waals surface area contributed by atoms with Crippen LogP contribution in [0.2, 0.25) is 0 Å². The van der Waals surface area contributed by atoms with Crippen LogP contribution in [0.3, 0.4) is 0 Å². The van der Waals surface area contributed by atoms with E-state index >= 15 is 0 Å². The van der Waals surface area contributed by atoms with Gasteiger partial charge in [-0.2, -0.15) is 0 Å². The van der Waals surface area contributed by atoms with Crippen LogP contribution in [0.15, 0.2) is 12.3 Å². The minimum absolute atomic E-state index is 0.149. The van der Waals surface area contributed by atoms with Gasteiger partial charge in [-0.15, -0.1) is 0 Å². The maximum Gasteiger partial charge on any atom is 0.255 e. The minimum atomic E-state index is -0.415. The van der Waals surface area contributed by atoms with Gasteiger partial charge in [-0.1, -0.05) is 26.2 Å². The molecule has 0 unspecified atom stereocenters. The van der Waals surface area contributed by atoms with Gasteiger partial charge in [0.2, 0.25) is 5.95 Å². The number of aryl methyl sites for hydroxylation is 1. The molecular weight excluding hydrogens is 254 g/mol. The molecule has 1 aromatic heterocycles. The molecule has 0 radical (unpaired) electrons. The van der Waals surface area contributed by atoms with Crippen LogP contribution in [0.1, 0.15) is 51.1 Å². The van der Waals surface area contributed by atoms with Gasteiger partial charge in [0.1, 0.15) is 6.10 Å². The molecule has 2 rings (SSSR count). The summed E-state index contributed by atoms with van der Waals surface area (Å²) < 4.78 is 5.94. The molecule has 20 heavy (non-hydrogen) atoms. The summed E-state index contributed by atoms with van der Waals surface area (Å²) in [6, 6.07) is 1.80. The van der Waals surface area contributed by atoms with E-state index in [0.717, 1.165) is 18.5 Å². The highest BCUT2D eigenvalue weighted by atomic mass is 16.5. The number of rotatable bonds is 5. The zero-order valence-electron chi connectivity index (χ0n) is 12.3. The highest BCUT2D eigenvalue weighted by molar-refractivity contribution is 5.92. The number of amides is 1. The van der Waals surface area contributed by atoms with Crippen molar-refractivity contribution in [3.8, 4) is 0 Å². The predicted octanol–water partition coefficient (Wildman–Crippen LogP) is 2.85. The van der Waals surface area contributed by atoms with Crippen molar-refractivity contribution in [3.63, 3.8) is 0 Å². The van der Waals surface area contributed by atoms with Crippen LogP contribution < -0.4 is 5.32 Å². The molecule has 0 saturated heterocycles. The normalized spacial score (nSPS) is 17.7. The number of carbonyl (C=O) groups excluding carboxylic acids is 1. The second-order valence-electron chi connectivity index (χ2n) is 5.30. The standard InChI is InChI=1S/C15H23N3O2/c1-3-13(20-12-7-5-4-6-8-12)14(19)18-15-16-10-9-11(2)17-15/h9-10,12-13H,3-8H2,1-2H3,(H,16,17,18,19)/t13-/m0/s1. The maximum atomic E-state index is 12.2. The van der Waals surface area contributed by atoms with E-state index in [4.69, 9.17) is 4.74 Å². The van der Waals surface area contributed by atoms with Gasteiger partial charge < -0.3 is 4.74 Å². The van der Waals surface area contributed by atoms with E-state index in [0.29, 0.717) is 12.4 Å². The van der Waals surface area contributed by atoms with Crippen molar-refractivity contribution in [2.75, 3.05) is 5.32 Å². The number of aromatic nitrogens is 2. The SMILES string of the molecule is CC[C@H](OC1CCCCC1)C(=O)Nc1nccc(C)n1. The lowest BCUT2D eigenvalue weighted by Gasteiger charge is -2.26. The number of nitrogens with one attached hydrogen (secondary N) is 1. The van der Waals surface area contributed by atoms with Gasteiger partial charge in [0.15, 0.2) is 0 Å². The van der Waals surface area contributed by atoms with Gasteiger partial charge in [0, 0.05) is 11.9 Å². The molecule has 1 N–H and O–H groups in total. The van der Waals surface area contributed by atoms with Crippen LogP contribution in [-0.4, -0.2) is 28.1 Å². The number of hydrogen-bond donors (Lipinski definition) is 1. The average Bonchev–Trinajstić information content (AvgIpc) is 2.45. The lowest BCUT2D eigenvalue weighted by atomic mass is 9.97. The lowest BCUT2D eigenvalue weighted by Crippen LogP contribution is -2.34. The first-order valence-electron chi connectivity index (χ1n) is 7.45. The molecule has 1 atom stereocenters. The average molecular weight is 277 g/mol. The number of anilines is 1. The van der Waals surface area contributed by atoms with Crippen molar-refractivity contribution in [3.05, 3.63) is 18.0 Å². The lowest BCUT2D eigenvalue weighted by molar-refractivity contribution is -0.132. The molecular formula is C15H23N3O2. The van der Waals surface area contributed by atoms with Crippen LogP contribution in [0.4, 0.5) is 5.95 Å². The van der Waals surface area contributed by atoms with Gasteiger partial charge in [-0.3, -0.25) is 10.1 Å².